The normalized spacial score (nSPS) is 15.7. The van der Waals surface area contributed by atoms with Crippen LogP contribution in [0.2, 0.25) is 0 Å². The molecule has 0 unspecified atom stereocenters. The van der Waals surface area contributed by atoms with Gasteiger partial charge < -0.3 is 4.57 Å². The van der Waals surface area contributed by atoms with Crippen LogP contribution in [0.3, 0.4) is 0 Å². The van der Waals surface area contributed by atoms with Crippen LogP contribution in [0.5, 0.6) is 0 Å². The maximum Gasteiger partial charge on any atom is 0.0952 e. The topological polar surface area (TPSA) is 21.1 Å². The predicted molar refractivity (Wildman–Crippen MR) is 59.3 cm³/mol. The van der Waals surface area contributed by atoms with Crippen molar-refractivity contribution in [1.82, 2.24) is 14.5 Å². The predicted octanol–water partition coefficient (Wildman–Crippen LogP) is 2.05. The van der Waals surface area contributed by atoms with Crippen LogP contribution in [-0.2, 0) is 13.1 Å². The van der Waals surface area contributed by atoms with Crippen molar-refractivity contribution in [2.45, 2.75) is 40.8 Å². The number of nitrogens with zero attached hydrogens (tertiary/aromatic N) is 3. The van der Waals surface area contributed by atoms with Gasteiger partial charge in [-0.1, -0.05) is 20.8 Å². The van der Waals surface area contributed by atoms with Crippen LogP contribution in [-0.4, -0.2) is 27.5 Å². The van der Waals surface area contributed by atoms with Gasteiger partial charge in [-0.2, -0.15) is 0 Å². The molecule has 0 aliphatic carbocycles. The molecular formula is C11H21N3. The van der Waals surface area contributed by atoms with Crippen molar-refractivity contribution >= 4 is 0 Å². The van der Waals surface area contributed by atoms with Gasteiger partial charge >= 0.3 is 0 Å². The van der Waals surface area contributed by atoms with Crippen molar-refractivity contribution < 1.29 is 0 Å². The van der Waals surface area contributed by atoms with Gasteiger partial charge in [0.25, 0.3) is 0 Å². The fraction of sp³-hybridized carbons (Fsp3) is 0.727. The molecule has 1 aromatic heterocycles. The monoisotopic (exact) mass is 195 g/mol. The fourth-order valence-electron chi connectivity index (χ4n) is 1.72. The summed E-state index contributed by atoms with van der Waals surface area (Å²) < 4.78 is 2.27. The number of rotatable bonds is 1. The number of hydrogen-bond acceptors (Lipinski definition) is 2. The van der Waals surface area contributed by atoms with E-state index < -0.39 is 0 Å². The Labute approximate surface area is 86.7 Å². The van der Waals surface area contributed by atoms with Gasteiger partial charge in [0.15, 0.2) is 0 Å². The van der Waals surface area contributed by atoms with E-state index >= 15 is 0 Å². The Morgan fingerprint density at radius 2 is 2.07 bits per heavy atom. The minimum absolute atomic E-state index is 1.07. The van der Waals surface area contributed by atoms with Crippen molar-refractivity contribution in [3.63, 3.8) is 0 Å². The molecule has 1 aliphatic heterocycles. The minimum Gasteiger partial charge on any atom is -0.332 e. The Hall–Kier alpha value is -0.830. The first-order valence-corrected chi connectivity index (χ1v) is 5.54. The van der Waals surface area contributed by atoms with E-state index in [1.807, 2.05) is 20.2 Å². The molecule has 0 atom stereocenters. The number of fused-ring (bicyclic) bond motifs is 1. The second kappa shape index (κ2) is 5.15. The Kier molecular flexibility index (Phi) is 4.14. The highest BCUT2D eigenvalue weighted by molar-refractivity contribution is 5.12. The van der Waals surface area contributed by atoms with Gasteiger partial charge in [0.2, 0.25) is 0 Å². The summed E-state index contributed by atoms with van der Waals surface area (Å²) in [6.07, 6.45) is 1.96. The molecule has 0 aromatic carbocycles. The molecule has 3 heteroatoms. The average Bonchev–Trinajstić information content (AvgIpc) is 2.63. The lowest BCUT2D eigenvalue weighted by Crippen LogP contribution is -2.33. The summed E-state index contributed by atoms with van der Waals surface area (Å²) in [5.41, 5.74) is 2.58. The molecule has 0 amide bonds. The van der Waals surface area contributed by atoms with Crippen molar-refractivity contribution in [3.05, 3.63) is 17.7 Å². The third-order valence-electron chi connectivity index (χ3n) is 2.63. The maximum atomic E-state index is 4.30. The highest BCUT2D eigenvalue weighted by Gasteiger charge is 2.16. The van der Waals surface area contributed by atoms with Gasteiger partial charge in [0, 0.05) is 19.6 Å². The molecule has 0 fully saturated rings. The van der Waals surface area contributed by atoms with E-state index in [4.69, 9.17) is 0 Å². The first-order chi connectivity index (χ1) is 6.81. The van der Waals surface area contributed by atoms with Crippen LogP contribution in [0.25, 0.3) is 0 Å². The molecule has 0 saturated heterocycles. The quantitative estimate of drug-likeness (QED) is 0.684. The molecular weight excluding hydrogens is 174 g/mol. The number of aromatic nitrogens is 2. The van der Waals surface area contributed by atoms with E-state index in [0.717, 1.165) is 19.6 Å². The summed E-state index contributed by atoms with van der Waals surface area (Å²) in [4.78, 5) is 6.75. The lowest BCUT2D eigenvalue weighted by Gasteiger charge is -2.26. The summed E-state index contributed by atoms with van der Waals surface area (Å²) >= 11 is 0. The molecule has 0 spiro atoms. The molecule has 3 nitrogen and oxygen atoms in total. The van der Waals surface area contributed by atoms with Gasteiger partial charge in [0.05, 0.1) is 17.7 Å². The van der Waals surface area contributed by atoms with E-state index in [9.17, 15) is 0 Å². The van der Waals surface area contributed by atoms with Crippen LogP contribution in [0.1, 0.15) is 32.2 Å². The van der Waals surface area contributed by atoms with E-state index in [2.05, 4.69) is 28.3 Å². The second-order valence-corrected chi connectivity index (χ2v) is 3.34. The standard InChI is InChI=1S/C9H15N3.C2H6/c1-3-11-4-5-12-7-10-8(2)9(12)6-11;1-2/h7H,3-6H2,1-2H3;1-2H3. The molecule has 0 bridgehead atoms. The Morgan fingerprint density at radius 1 is 1.36 bits per heavy atom. The molecule has 1 aliphatic rings. The van der Waals surface area contributed by atoms with E-state index in [1.165, 1.54) is 17.9 Å². The lowest BCUT2D eigenvalue weighted by molar-refractivity contribution is 0.232. The number of likely N-dealkylation sites (N-methyl/N-ethyl adjacent to an activating group) is 1. The van der Waals surface area contributed by atoms with E-state index in [0.29, 0.717) is 0 Å². The Morgan fingerprint density at radius 3 is 2.71 bits per heavy atom. The van der Waals surface area contributed by atoms with Gasteiger partial charge in [-0.3, -0.25) is 4.90 Å². The SMILES string of the molecule is CC.CCN1CCn2cnc(C)c2C1. The van der Waals surface area contributed by atoms with Crippen LogP contribution >= 0.6 is 0 Å². The fourth-order valence-corrected chi connectivity index (χ4v) is 1.72. The first-order valence-electron chi connectivity index (χ1n) is 5.54. The zero-order valence-electron chi connectivity index (χ0n) is 9.75. The molecule has 0 N–H and O–H groups in total. The lowest BCUT2D eigenvalue weighted by atomic mass is 10.2. The Balaban J connectivity index is 0.000000461. The number of imidazole rings is 1. The molecule has 0 saturated carbocycles. The van der Waals surface area contributed by atoms with Crippen LogP contribution < -0.4 is 0 Å². The van der Waals surface area contributed by atoms with Crippen LogP contribution in [0.15, 0.2) is 6.33 Å². The van der Waals surface area contributed by atoms with Crippen molar-refractivity contribution in [2.75, 3.05) is 13.1 Å². The summed E-state index contributed by atoms with van der Waals surface area (Å²) in [7, 11) is 0. The first kappa shape index (κ1) is 11.2. The van der Waals surface area contributed by atoms with Gasteiger partial charge in [-0.15, -0.1) is 0 Å². The Bertz CT molecular complexity index is 278. The molecule has 14 heavy (non-hydrogen) atoms. The highest BCUT2D eigenvalue weighted by atomic mass is 15.2. The smallest absolute Gasteiger partial charge is 0.0952 e. The second-order valence-electron chi connectivity index (χ2n) is 3.34. The number of aryl methyl sites for hydroxylation is 1. The zero-order chi connectivity index (χ0) is 10.6. The van der Waals surface area contributed by atoms with Crippen LogP contribution in [0, 0.1) is 6.92 Å². The van der Waals surface area contributed by atoms with Crippen molar-refractivity contribution in [2.24, 2.45) is 0 Å². The summed E-state index contributed by atoms with van der Waals surface area (Å²) in [5.74, 6) is 0. The maximum absolute atomic E-state index is 4.30. The van der Waals surface area contributed by atoms with Gasteiger partial charge in [0.1, 0.15) is 0 Å². The molecule has 2 rings (SSSR count). The zero-order valence-corrected chi connectivity index (χ0v) is 9.75. The third kappa shape index (κ3) is 2.15. The van der Waals surface area contributed by atoms with Crippen molar-refractivity contribution in [1.29, 1.82) is 0 Å². The van der Waals surface area contributed by atoms with Crippen molar-refractivity contribution in [3.8, 4) is 0 Å². The van der Waals surface area contributed by atoms with E-state index in [-0.39, 0.29) is 0 Å². The average molecular weight is 195 g/mol. The molecule has 80 valence electrons. The van der Waals surface area contributed by atoms with Gasteiger partial charge in [-0.05, 0) is 13.5 Å². The molecule has 0 radical (unpaired) electrons. The minimum atomic E-state index is 1.07. The highest BCUT2D eigenvalue weighted by Crippen LogP contribution is 2.14. The number of hydrogen-bond donors (Lipinski definition) is 0. The summed E-state index contributed by atoms with van der Waals surface area (Å²) in [6.45, 7) is 12.8. The van der Waals surface area contributed by atoms with E-state index in [1.54, 1.807) is 0 Å². The van der Waals surface area contributed by atoms with Crippen LogP contribution in [0.4, 0.5) is 0 Å². The summed E-state index contributed by atoms with van der Waals surface area (Å²) in [5, 5.41) is 0. The van der Waals surface area contributed by atoms with Gasteiger partial charge in [-0.25, -0.2) is 4.98 Å². The third-order valence-corrected chi connectivity index (χ3v) is 2.63. The summed E-state index contributed by atoms with van der Waals surface area (Å²) in [6, 6.07) is 0. The molecule has 2 heterocycles. The molecule has 1 aromatic rings. The largest absolute Gasteiger partial charge is 0.332 e.